The van der Waals surface area contributed by atoms with E-state index in [0.717, 1.165) is 5.56 Å². The van der Waals surface area contributed by atoms with Crippen LogP contribution >= 0.6 is 0 Å². The predicted octanol–water partition coefficient (Wildman–Crippen LogP) is 1.84. The maximum absolute atomic E-state index is 11.9. The first-order valence-electron chi connectivity index (χ1n) is 8.54. The summed E-state index contributed by atoms with van der Waals surface area (Å²) in [5.41, 5.74) is 0.806. The van der Waals surface area contributed by atoms with Crippen molar-refractivity contribution < 1.29 is 23.6 Å². The van der Waals surface area contributed by atoms with Crippen LogP contribution in [0.3, 0.4) is 0 Å². The number of hydrogen-bond donors (Lipinski definition) is 2. The molecule has 0 fully saturated rings. The summed E-state index contributed by atoms with van der Waals surface area (Å²) in [5.74, 6) is -0.589. The standard InChI is InChI=1S/C18H22N4O5/c1-11(2)19-18(25)21-17(24)12(3)26-15(23)10-9-14-20-16(22-27-14)13-7-5-4-6-8-13/h4-8,11-12H,9-10H2,1-3H3,(H2,19,21,24,25)/t12-/m0/s1. The number of nitrogens with zero attached hydrogens (tertiary/aromatic N) is 2. The number of imide groups is 1. The molecule has 0 saturated heterocycles. The Labute approximate surface area is 156 Å². The van der Waals surface area contributed by atoms with E-state index in [1.165, 1.54) is 6.92 Å². The number of aryl methyl sites for hydroxylation is 1. The lowest BCUT2D eigenvalue weighted by molar-refractivity contribution is -0.154. The van der Waals surface area contributed by atoms with E-state index in [4.69, 9.17) is 9.26 Å². The minimum absolute atomic E-state index is 0.0355. The number of amides is 3. The lowest BCUT2D eigenvalue weighted by Crippen LogP contribution is -2.46. The van der Waals surface area contributed by atoms with Gasteiger partial charge in [-0.3, -0.25) is 14.9 Å². The van der Waals surface area contributed by atoms with Crippen molar-refractivity contribution in [2.45, 2.75) is 45.8 Å². The average Bonchev–Trinajstić information content (AvgIpc) is 3.09. The van der Waals surface area contributed by atoms with E-state index < -0.39 is 24.0 Å². The normalized spacial score (nSPS) is 11.7. The monoisotopic (exact) mass is 374 g/mol. The molecule has 27 heavy (non-hydrogen) atoms. The molecule has 0 unspecified atom stereocenters. The van der Waals surface area contributed by atoms with Crippen LogP contribution in [-0.2, 0) is 20.7 Å². The Morgan fingerprint density at radius 1 is 1.15 bits per heavy atom. The topological polar surface area (TPSA) is 123 Å². The first-order chi connectivity index (χ1) is 12.8. The number of nitrogens with one attached hydrogen (secondary N) is 2. The van der Waals surface area contributed by atoms with Gasteiger partial charge in [0.05, 0.1) is 6.42 Å². The van der Waals surface area contributed by atoms with Crippen LogP contribution in [0.1, 0.15) is 33.1 Å². The van der Waals surface area contributed by atoms with Gasteiger partial charge in [-0.05, 0) is 20.8 Å². The maximum atomic E-state index is 11.9. The van der Waals surface area contributed by atoms with Crippen molar-refractivity contribution in [3.05, 3.63) is 36.2 Å². The van der Waals surface area contributed by atoms with Gasteiger partial charge in [-0.1, -0.05) is 35.5 Å². The zero-order valence-corrected chi connectivity index (χ0v) is 15.4. The molecule has 1 atom stereocenters. The minimum atomic E-state index is -1.10. The van der Waals surface area contributed by atoms with Crippen molar-refractivity contribution in [1.29, 1.82) is 0 Å². The molecule has 2 N–H and O–H groups in total. The number of carbonyl (C=O) groups excluding carboxylic acids is 3. The lowest BCUT2D eigenvalue weighted by atomic mass is 10.2. The van der Waals surface area contributed by atoms with E-state index in [1.807, 2.05) is 30.3 Å². The van der Waals surface area contributed by atoms with Gasteiger partial charge in [-0.2, -0.15) is 4.98 Å². The molecule has 0 aliphatic rings. The Kier molecular flexibility index (Phi) is 7.04. The van der Waals surface area contributed by atoms with Crippen molar-refractivity contribution in [2.24, 2.45) is 0 Å². The van der Waals surface area contributed by atoms with E-state index in [-0.39, 0.29) is 18.9 Å². The Bertz CT molecular complexity index is 788. The zero-order chi connectivity index (χ0) is 19.8. The summed E-state index contributed by atoms with van der Waals surface area (Å²) in [6.07, 6.45) is -0.953. The van der Waals surface area contributed by atoms with Crippen molar-refractivity contribution >= 4 is 17.9 Å². The zero-order valence-electron chi connectivity index (χ0n) is 15.4. The summed E-state index contributed by atoms with van der Waals surface area (Å²) in [6, 6.07) is 8.53. The smallest absolute Gasteiger partial charge is 0.321 e. The maximum Gasteiger partial charge on any atom is 0.321 e. The SMILES string of the molecule is CC(C)NC(=O)NC(=O)[C@H](C)OC(=O)CCc1nc(-c2ccccc2)no1. The highest BCUT2D eigenvalue weighted by Crippen LogP contribution is 2.15. The van der Waals surface area contributed by atoms with Crippen LogP contribution in [0.5, 0.6) is 0 Å². The molecule has 0 spiro atoms. The Morgan fingerprint density at radius 3 is 2.52 bits per heavy atom. The average molecular weight is 374 g/mol. The third-order valence-electron chi connectivity index (χ3n) is 3.38. The highest BCUT2D eigenvalue weighted by molar-refractivity contribution is 5.97. The fourth-order valence-electron chi connectivity index (χ4n) is 2.09. The number of hydrogen-bond acceptors (Lipinski definition) is 7. The number of carbonyl (C=O) groups is 3. The highest BCUT2D eigenvalue weighted by Gasteiger charge is 2.20. The van der Waals surface area contributed by atoms with Gasteiger partial charge in [0, 0.05) is 18.0 Å². The van der Waals surface area contributed by atoms with E-state index in [1.54, 1.807) is 13.8 Å². The Hall–Kier alpha value is -3.23. The van der Waals surface area contributed by atoms with Crippen LogP contribution in [-0.4, -0.2) is 40.2 Å². The molecule has 1 aromatic carbocycles. The number of rotatable bonds is 7. The second-order valence-electron chi connectivity index (χ2n) is 6.13. The lowest BCUT2D eigenvalue weighted by Gasteiger charge is -2.14. The summed E-state index contributed by atoms with van der Waals surface area (Å²) in [4.78, 5) is 39.4. The number of ether oxygens (including phenoxy) is 1. The molecule has 0 bridgehead atoms. The summed E-state index contributed by atoms with van der Waals surface area (Å²) in [5, 5.41) is 8.47. The third-order valence-corrected chi connectivity index (χ3v) is 3.38. The Balaban J connectivity index is 1.78. The fourth-order valence-corrected chi connectivity index (χ4v) is 2.09. The molecule has 2 aromatic rings. The largest absolute Gasteiger partial charge is 0.453 e. The molecule has 0 radical (unpaired) electrons. The molecule has 1 heterocycles. The van der Waals surface area contributed by atoms with Crippen molar-refractivity contribution in [1.82, 2.24) is 20.8 Å². The van der Waals surface area contributed by atoms with Crippen LogP contribution in [0.4, 0.5) is 4.79 Å². The number of esters is 1. The van der Waals surface area contributed by atoms with Gasteiger partial charge in [-0.25, -0.2) is 4.79 Å². The molecule has 0 aliphatic carbocycles. The molecular formula is C18H22N4O5. The Morgan fingerprint density at radius 2 is 1.85 bits per heavy atom. The van der Waals surface area contributed by atoms with Gasteiger partial charge < -0.3 is 14.6 Å². The van der Waals surface area contributed by atoms with Crippen LogP contribution in [0.15, 0.2) is 34.9 Å². The molecule has 1 aromatic heterocycles. The first-order valence-corrected chi connectivity index (χ1v) is 8.54. The molecule has 2 rings (SSSR count). The van der Waals surface area contributed by atoms with Crippen molar-refractivity contribution in [2.75, 3.05) is 0 Å². The van der Waals surface area contributed by atoms with Gasteiger partial charge in [0.2, 0.25) is 11.7 Å². The first kappa shape index (κ1) is 20.1. The van der Waals surface area contributed by atoms with E-state index in [2.05, 4.69) is 20.8 Å². The van der Waals surface area contributed by atoms with Gasteiger partial charge in [-0.15, -0.1) is 0 Å². The highest BCUT2D eigenvalue weighted by atomic mass is 16.5. The van der Waals surface area contributed by atoms with Crippen molar-refractivity contribution in [3.8, 4) is 11.4 Å². The minimum Gasteiger partial charge on any atom is -0.453 e. The van der Waals surface area contributed by atoms with Gasteiger partial charge in [0.25, 0.3) is 5.91 Å². The van der Waals surface area contributed by atoms with Crippen molar-refractivity contribution in [3.63, 3.8) is 0 Å². The van der Waals surface area contributed by atoms with E-state index >= 15 is 0 Å². The summed E-state index contributed by atoms with van der Waals surface area (Å²) in [6.45, 7) is 4.90. The molecule has 0 aliphatic heterocycles. The van der Waals surface area contributed by atoms with E-state index in [0.29, 0.717) is 11.7 Å². The second kappa shape index (κ2) is 9.46. The molecule has 3 amide bonds. The quantitative estimate of drug-likeness (QED) is 0.709. The fraction of sp³-hybridized carbons (Fsp3) is 0.389. The molecule has 0 saturated carbocycles. The van der Waals surface area contributed by atoms with Crippen LogP contribution < -0.4 is 10.6 Å². The predicted molar refractivity (Wildman–Crippen MR) is 95.4 cm³/mol. The van der Waals surface area contributed by atoms with Gasteiger partial charge in [0.1, 0.15) is 0 Å². The van der Waals surface area contributed by atoms with Crippen LogP contribution in [0, 0.1) is 0 Å². The molecular weight excluding hydrogens is 352 g/mol. The third kappa shape index (κ3) is 6.53. The van der Waals surface area contributed by atoms with Crippen LogP contribution in [0.25, 0.3) is 11.4 Å². The summed E-state index contributed by atoms with van der Waals surface area (Å²) >= 11 is 0. The second-order valence-corrected chi connectivity index (χ2v) is 6.13. The number of urea groups is 1. The molecule has 144 valence electrons. The summed E-state index contributed by atoms with van der Waals surface area (Å²) in [7, 11) is 0. The molecule has 9 nitrogen and oxygen atoms in total. The number of benzene rings is 1. The molecule has 9 heteroatoms. The number of aromatic nitrogens is 2. The van der Waals surface area contributed by atoms with Crippen LogP contribution in [0.2, 0.25) is 0 Å². The summed E-state index contributed by atoms with van der Waals surface area (Å²) < 4.78 is 10.1. The van der Waals surface area contributed by atoms with Gasteiger partial charge in [0.15, 0.2) is 6.10 Å². The van der Waals surface area contributed by atoms with E-state index in [9.17, 15) is 14.4 Å². The van der Waals surface area contributed by atoms with Gasteiger partial charge >= 0.3 is 12.0 Å².